The predicted octanol–water partition coefficient (Wildman–Crippen LogP) is 3.05. The first-order valence-electron chi connectivity index (χ1n) is 6.21. The normalized spacial score (nSPS) is 11.1. The zero-order valence-electron chi connectivity index (χ0n) is 11.5. The summed E-state index contributed by atoms with van der Waals surface area (Å²) in [5, 5.41) is 3.44. The molecule has 0 aliphatic carbocycles. The Balaban J connectivity index is 3.02. The SMILES string of the molecule is CCC(C)(CC)Nc1ccc(N)c(C(=O)OC)c1. The number of nitrogens with one attached hydrogen (secondary N) is 1. The minimum absolute atomic E-state index is 0.0174. The lowest BCUT2D eigenvalue weighted by atomic mass is 9.95. The maximum atomic E-state index is 11.6. The summed E-state index contributed by atoms with van der Waals surface area (Å²) in [4.78, 5) is 11.6. The van der Waals surface area contributed by atoms with Gasteiger partial charge in [-0.1, -0.05) is 13.8 Å². The Bertz CT molecular complexity index is 426. The van der Waals surface area contributed by atoms with Crippen LogP contribution in [0.25, 0.3) is 0 Å². The van der Waals surface area contributed by atoms with E-state index in [9.17, 15) is 4.79 Å². The maximum absolute atomic E-state index is 11.6. The highest BCUT2D eigenvalue weighted by Crippen LogP contribution is 2.25. The van der Waals surface area contributed by atoms with Gasteiger partial charge >= 0.3 is 5.97 Å². The number of hydrogen-bond donors (Lipinski definition) is 2. The average molecular weight is 250 g/mol. The zero-order valence-corrected chi connectivity index (χ0v) is 11.5. The van der Waals surface area contributed by atoms with Crippen molar-refractivity contribution in [3.05, 3.63) is 23.8 Å². The van der Waals surface area contributed by atoms with Crippen LogP contribution in [0.3, 0.4) is 0 Å². The van der Waals surface area contributed by atoms with E-state index in [-0.39, 0.29) is 5.54 Å². The smallest absolute Gasteiger partial charge is 0.340 e. The molecule has 0 amide bonds. The van der Waals surface area contributed by atoms with E-state index in [1.165, 1.54) is 7.11 Å². The number of hydrogen-bond acceptors (Lipinski definition) is 4. The highest BCUT2D eigenvalue weighted by Gasteiger charge is 2.20. The molecule has 0 spiro atoms. The molecule has 18 heavy (non-hydrogen) atoms. The fourth-order valence-corrected chi connectivity index (χ4v) is 1.70. The van der Waals surface area contributed by atoms with E-state index < -0.39 is 5.97 Å². The first-order valence-corrected chi connectivity index (χ1v) is 6.21. The second kappa shape index (κ2) is 5.76. The monoisotopic (exact) mass is 250 g/mol. The van der Waals surface area contributed by atoms with Crippen LogP contribution in [-0.2, 0) is 4.74 Å². The van der Waals surface area contributed by atoms with Gasteiger partial charge in [0.05, 0.1) is 12.7 Å². The Morgan fingerprint density at radius 3 is 2.50 bits per heavy atom. The zero-order chi connectivity index (χ0) is 13.8. The van der Waals surface area contributed by atoms with Gasteiger partial charge < -0.3 is 15.8 Å². The quantitative estimate of drug-likeness (QED) is 0.622. The molecule has 100 valence electrons. The molecule has 0 saturated carbocycles. The Morgan fingerprint density at radius 1 is 1.39 bits per heavy atom. The number of esters is 1. The van der Waals surface area contributed by atoms with Crippen molar-refractivity contribution in [2.24, 2.45) is 0 Å². The third kappa shape index (κ3) is 3.15. The number of carbonyl (C=O) groups is 1. The Kier molecular flexibility index (Phi) is 4.59. The van der Waals surface area contributed by atoms with Crippen LogP contribution < -0.4 is 11.1 Å². The van der Waals surface area contributed by atoms with Gasteiger partial charge in [-0.25, -0.2) is 4.79 Å². The maximum Gasteiger partial charge on any atom is 0.340 e. The highest BCUT2D eigenvalue weighted by atomic mass is 16.5. The summed E-state index contributed by atoms with van der Waals surface area (Å²) in [5.41, 5.74) is 7.50. The van der Waals surface area contributed by atoms with Crippen molar-refractivity contribution >= 4 is 17.3 Å². The van der Waals surface area contributed by atoms with Gasteiger partial charge in [0.2, 0.25) is 0 Å². The van der Waals surface area contributed by atoms with Crippen molar-refractivity contribution < 1.29 is 9.53 Å². The molecular weight excluding hydrogens is 228 g/mol. The molecule has 0 radical (unpaired) electrons. The minimum atomic E-state index is -0.411. The summed E-state index contributed by atoms with van der Waals surface area (Å²) < 4.78 is 4.71. The second-order valence-electron chi connectivity index (χ2n) is 4.69. The Hall–Kier alpha value is -1.71. The lowest BCUT2D eigenvalue weighted by Gasteiger charge is -2.29. The number of carbonyl (C=O) groups excluding carboxylic acids is 1. The van der Waals surface area contributed by atoms with E-state index in [1.54, 1.807) is 12.1 Å². The van der Waals surface area contributed by atoms with Crippen molar-refractivity contribution in [1.82, 2.24) is 0 Å². The van der Waals surface area contributed by atoms with Gasteiger partial charge in [-0.15, -0.1) is 0 Å². The van der Waals surface area contributed by atoms with Gasteiger partial charge in [0.1, 0.15) is 0 Å². The van der Waals surface area contributed by atoms with Crippen LogP contribution in [0, 0.1) is 0 Å². The average Bonchev–Trinajstić information content (AvgIpc) is 2.40. The van der Waals surface area contributed by atoms with Gasteiger partial charge in [0.25, 0.3) is 0 Å². The number of nitrogens with two attached hydrogens (primary N) is 1. The van der Waals surface area contributed by atoms with E-state index >= 15 is 0 Å². The molecule has 1 rings (SSSR count). The van der Waals surface area contributed by atoms with Gasteiger partial charge in [-0.2, -0.15) is 0 Å². The topological polar surface area (TPSA) is 64.3 Å². The van der Waals surface area contributed by atoms with Crippen LogP contribution in [0.15, 0.2) is 18.2 Å². The van der Waals surface area contributed by atoms with Crippen molar-refractivity contribution in [2.45, 2.75) is 39.2 Å². The minimum Gasteiger partial charge on any atom is -0.465 e. The lowest BCUT2D eigenvalue weighted by Crippen LogP contribution is -2.33. The second-order valence-corrected chi connectivity index (χ2v) is 4.69. The highest BCUT2D eigenvalue weighted by molar-refractivity contribution is 5.96. The van der Waals surface area contributed by atoms with Crippen molar-refractivity contribution in [3.63, 3.8) is 0 Å². The molecule has 0 unspecified atom stereocenters. The lowest BCUT2D eigenvalue weighted by molar-refractivity contribution is 0.0602. The summed E-state index contributed by atoms with van der Waals surface area (Å²) in [6, 6.07) is 5.34. The molecule has 0 fully saturated rings. The third-order valence-corrected chi connectivity index (χ3v) is 3.47. The van der Waals surface area contributed by atoms with Crippen LogP contribution in [0.2, 0.25) is 0 Å². The van der Waals surface area contributed by atoms with Crippen LogP contribution in [0.1, 0.15) is 44.0 Å². The predicted molar refractivity (Wildman–Crippen MR) is 74.8 cm³/mol. The molecule has 1 aromatic carbocycles. The summed E-state index contributed by atoms with van der Waals surface area (Å²) in [6.07, 6.45) is 2.00. The number of rotatable bonds is 5. The van der Waals surface area contributed by atoms with Crippen LogP contribution in [0.4, 0.5) is 11.4 Å². The van der Waals surface area contributed by atoms with Gasteiger partial charge in [0, 0.05) is 16.9 Å². The molecule has 4 heteroatoms. The summed E-state index contributed by atoms with van der Waals surface area (Å²) in [5.74, 6) is -0.411. The Morgan fingerprint density at radius 2 is 2.00 bits per heavy atom. The van der Waals surface area contributed by atoms with E-state index in [4.69, 9.17) is 10.5 Å². The molecule has 3 N–H and O–H groups in total. The molecular formula is C14H22N2O2. The number of nitrogen functional groups attached to an aromatic ring is 1. The van der Waals surface area contributed by atoms with Crippen LogP contribution in [0.5, 0.6) is 0 Å². The van der Waals surface area contributed by atoms with Gasteiger partial charge in [-0.3, -0.25) is 0 Å². The summed E-state index contributed by atoms with van der Waals surface area (Å²) in [6.45, 7) is 6.42. The number of benzene rings is 1. The third-order valence-electron chi connectivity index (χ3n) is 3.47. The molecule has 0 saturated heterocycles. The fraction of sp³-hybridized carbons (Fsp3) is 0.500. The molecule has 0 heterocycles. The largest absolute Gasteiger partial charge is 0.465 e. The molecule has 1 aromatic rings. The van der Waals surface area contributed by atoms with Gasteiger partial charge in [-0.05, 0) is 38.0 Å². The molecule has 0 aliphatic heterocycles. The number of methoxy groups -OCH3 is 1. The standard InChI is InChI=1S/C14H22N2O2/c1-5-14(3,6-2)16-10-7-8-12(15)11(9-10)13(17)18-4/h7-9,16H,5-6,15H2,1-4H3. The Labute approximate surface area is 109 Å². The molecule has 0 aromatic heterocycles. The van der Waals surface area contributed by atoms with Crippen molar-refractivity contribution in [3.8, 4) is 0 Å². The van der Waals surface area contributed by atoms with E-state index in [0.717, 1.165) is 18.5 Å². The van der Waals surface area contributed by atoms with Crippen molar-refractivity contribution in [2.75, 3.05) is 18.2 Å². The molecule has 0 aliphatic rings. The number of anilines is 2. The van der Waals surface area contributed by atoms with E-state index in [0.29, 0.717) is 11.3 Å². The fourth-order valence-electron chi connectivity index (χ4n) is 1.70. The van der Waals surface area contributed by atoms with E-state index in [1.807, 2.05) is 6.07 Å². The summed E-state index contributed by atoms with van der Waals surface area (Å²) in [7, 11) is 1.35. The first kappa shape index (κ1) is 14.4. The van der Waals surface area contributed by atoms with Gasteiger partial charge in [0.15, 0.2) is 0 Å². The molecule has 0 atom stereocenters. The molecule has 0 bridgehead atoms. The van der Waals surface area contributed by atoms with Crippen molar-refractivity contribution in [1.29, 1.82) is 0 Å². The number of ether oxygens (including phenoxy) is 1. The van der Waals surface area contributed by atoms with Crippen LogP contribution >= 0.6 is 0 Å². The van der Waals surface area contributed by atoms with Crippen LogP contribution in [-0.4, -0.2) is 18.6 Å². The molecule has 4 nitrogen and oxygen atoms in total. The first-order chi connectivity index (χ1) is 8.45. The summed E-state index contributed by atoms with van der Waals surface area (Å²) >= 11 is 0. The van der Waals surface area contributed by atoms with E-state index in [2.05, 4.69) is 26.1 Å².